The zero-order chi connectivity index (χ0) is 14.7. The van der Waals surface area contributed by atoms with E-state index in [1.54, 1.807) is 0 Å². The number of rotatable bonds is 4. The molecule has 1 unspecified atom stereocenters. The molecule has 2 aliphatic rings. The number of nitrogens with zero attached hydrogens (tertiary/aromatic N) is 1. The zero-order valence-electron chi connectivity index (χ0n) is 12.6. The average molecular weight is 309 g/mol. The summed E-state index contributed by atoms with van der Waals surface area (Å²) in [6, 6.07) is 4.23. The average Bonchev–Trinajstić information content (AvgIpc) is 2.53. The lowest BCUT2D eigenvalue weighted by molar-refractivity contribution is 0.136. The number of hydrogen-bond acceptors (Lipinski definition) is 3. The second-order valence-electron chi connectivity index (χ2n) is 6.25. The number of aliphatic hydroxyl groups is 1. The minimum atomic E-state index is -0.445. The molecule has 0 spiro atoms. The largest absolute Gasteiger partial charge is 0.388 e. The number of aliphatic hydroxyl groups excluding tert-OH is 1. The summed E-state index contributed by atoms with van der Waals surface area (Å²) in [5.41, 5.74) is 3.69. The quantitative estimate of drug-likeness (QED) is 0.897. The second kappa shape index (κ2) is 7.10. The van der Waals surface area contributed by atoms with Crippen LogP contribution in [0.1, 0.15) is 42.1 Å². The highest BCUT2D eigenvalue weighted by Crippen LogP contribution is 2.32. The molecule has 1 fully saturated rings. The molecule has 1 atom stereocenters. The molecule has 4 heteroatoms. The van der Waals surface area contributed by atoms with Crippen LogP contribution in [0.5, 0.6) is 0 Å². The van der Waals surface area contributed by atoms with Gasteiger partial charge in [0.15, 0.2) is 0 Å². The first-order valence-corrected chi connectivity index (χ1v) is 8.54. The van der Waals surface area contributed by atoms with Crippen LogP contribution in [0, 0.1) is 0 Å². The van der Waals surface area contributed by atoms with Gasteiger partial charge in [0.2, 0.25) is 0 Å². The van der Waals surface area contributed by atoms with Gasteiger partial charge in [-0.05, 0) is 54.9 Å². The van der Waals surface area contributed by atoms with Crippen molar-refractivity contribution in [2.24, 2.45) is 0 Å². The van der Waals surface area contributed by atoms with Crippen molar-refractivity contribution in [3.8, 4) is 0 Å². The van der Waals surface area contributed by atoms with Gasteiger partial charge in [-0.2, -0.15) is 0 Å². The molecule has 21 heavy (non-hydrogen) atoms. The van der Waals surface area contributed by atoms with Crippen molar-refractivity contribution in [2.45, 2.75) is 38.2 Å². The first kappa shape index (κ1) is 15.3. The second-order valence-corrected chi connectivity index (χ2v) is 6.65. The predicted octanol–water partition coefficient (Wildman–Crippen LogP) is 2.55. The van der Waals surface area contributed by atoms with Gasteiger partial charge in [0, 0.05) is 37.7 Å². The van der Waals surface area contributed by atoms with Crippen LogP contribution in [0.25, 0.3) is 0 Å². The molecule has 0 saturated carbocycles. The van der Waals surface area contributed by atoms with E-state index in [0.717, 1.165) is 62.6 Å². The van der Waals surface area contributed by atoms with Gasteiger partial charge in [0.25, 0.3) is 0 Å². The van der Waals surface area contributed by atoms with Crippen LogP contribution in [0.15, 0.2) is 12.1 Å². The molecule has 1 heterocycles. The van der Waals surface area contributed by atoms with Gasteiger partial charge in [-0.3, -0.25) is 0 Å². The fraction of sp³-hybridized carbons (Fsp3) is 0.647. The van der Waals surface area contributed by atoms with Crippen LogP contribution >= 0.6 is 11.6 Å². The van der Waals surface area contributed by atoms with Crippen LogP contribution < -0.4 is 5.32 Å². The standard InChI is InChI=1S/C17H25ClN2O/c18-16-12-14-4-2-1-3-13(14)11-15(16)17(21)5-8-20-9-6-19-7-10-20/h11-12,17,19,21H,1-10H2. The van der Waals surface area contributed by atoms with Crippen LogP contribution in [-0.4, -0.2) is 42.7 Å². The summed E-state index contributed by atoms with van der Waals surface area (Å²) in [5.74, 6) is 0. The van der Waals surface area contributed by atoms with E-state index in [0.29, 0.717) is 0 Å². The Hall–Kier alpha value is -0.610. The first-order valence-electron chi connectivity index (χ1n) is 8.16. The van der Waals surface area contributed by atoms with Gasteiger partial charge >= 0.3 is 0 Å². The van der Waals surface area contributed by atoms with Crippen molar-refractivity contribution in [3.05, 3.63) is 33.8 Å². The van der Waals surface area contributed by atoms with Crippen molar-refractivity contribution in [1.82, 2.24) is 10.2 Å². The predicted molar refractivity (Wildman–Crippen MR) is 87.0 cm³/mol. The summed E-state index contributed by atoms with van der Waals surface area (Å²) in [4.78, 5) is 2.41. The molecule has 0 bridgehead atoms. The Morgan fingerprint density at radius 3 is 2.52 bits per heavy atom. The highest BCUT2D eigenvalue weighted by atomic mass is 35.5. The molecule has 3 nitrogen and oxygen atoms in total. The lowest BCUT2D eigenvalue weighted by Gasteiger charge is -2.28. The third-order valence-corrected chi connectivity index (χ3v) is 5.08. The number of halogens is 1. The van der Waals surface area contributed by atoms with Crippen molar-refractivity contribution in [1.29, 1.82) is 0 Å². The molecule has 3 rings (SSSR count). The smallest absolute Gasteiger partial charge is 0.0816 e. The number of fused-ring (bicyclic) bond motifs is 1. The third kappa shape index (κ3) is 3.78. The Morgan fingerprint density at radius 1 is 1.14 bits per heavy atom. The van der Waals surface area contributed by atoms with Crippen LogP contribution in [0.2, 0.25) is 5.02 Å². The van der Waals surface area contributed by atoms with Gasteiger partial charge in [0.1, 0.15) is 0 Å². The molecular formula is C17H25ClN2O. The SMILES string of the molecule is OC(CCN1CCNCC1)c1cc2c(cc1Cl)CCCC2. The molecule has 1 aromatic rings. The van der Waals surface area contributed by atoms with E-state index in [9.17, 15) is 5.11 Å². The van der Waals surface area contributed by atoms with E-state index in [4.69, 9.17) is 11.6 Å². The molecule has 116 valence electrons. The van der Waals surface area contributed by atoms with Crippen molar-refractivity contribution in [3.63, 3.8) is 0 Å². The summed E-state index contributed by atoms with van der Waals surface area (Å²) in [7, 11) is 0. The van der Waals surface area contributed by atoms with Crippen molar-refractivity contribution >= 4 is 11.6 Å². The van der Waals surface area contributed by atoms with E-state index < -0.39 is 6.10 Å². The molecule has 1 saturated heterocycles. The van der Waals surface area contributed by atoms with Gasteiger partial charge in [-0.25, -0.2) is 0 Å². The Bertz CT molecular complexity index is 486. The number of aryl methyl sites for hydroxylation is 2. The highest BCUT2D eigenvalue weighted by molar-refractivity contribution is 6.31. The molecule has 2 N–H and O–H groups in total. The number of nitrogens with one attached hydrogen (secondary N) is 1. The Balaban J connectivity index is 1.64. The fourth-order valence-electron chi connectivity index (χ4n) is 3.43. The summed E-state index contributed by atoms with van der Waals surface area (Å²) in [5, 5.41) is 14.6. The molecule has 0 aromatic heterocycles. The molecular weight excluding hydrogens is 284 g/mol. The van der Waals surface area contributed by atoms with Crippen molar-refractivity contribution in [2.75, 3.05) is 32.7 Å². The Kier molecular flexibility index (Phi) is 5.17. The number of benzene rings is 1. The highest BCUT2D eigenvalue weighted by Gasteiger charge is 2.18. The topological polar surface area (TPSA) is 35.5 Å². The van der Waals surface area contributed by atoms with Gasteiger partial charge in [-0.1, -0.05) is 17.7 Å². The lowest BCUT2D eigenvalue weighted by Crippen LogP contribution is -2.44. The Morgan fingerprint density at radius 2 is 1.81 bits per heavy atom. The van der Waals surface area contributed by atoms with Gasteiger partial charge in [0.05, 0.1) is 6.10 Å². The molecule has 0 amide bonds. The first-order chi connectivity index (χ1) is 10.2. The maximum Gasteiger partial charge on any atom is 0.0816 e. The molecule has 1 aliphatic heterocycles. The monoisotopic (exact) mass is 308 g/mol. The van der Waals surface area contributed by atoms with E-state index >= 15 is 0 Å². The minimum absolute atomic E-state index is 0.445. The summed E-state index contributed by atoms with van der Waals surface area (Å²) >= 11 is 6.39. The van der Waals surface area contributed by atoms with E-state index in [1.165, 1.54) is 24.0 Å². The molecule has 1 aromatic carbocycles. The lowest BCUT2D eigenvalue weighted by atomic mass is 9.89. The van der Waals surface area contributed by atoms with Crippen LogP contribution in [0.4, 0.5) is 0 Å². The van der Waals surface area contributed by atoms with Gasteiger partial charge in [-0.15, -0.1) is 0 Å². The summed E-state index contributed by atoms with van der Waals surface area (Å²) in [6.45, 7) is 5.19. The van der Waals surface area contributed by atoms with Crippen LogP contribution in [0.3, 0.4) is 0 Å². The fourth-order valence-corrected chi connectivity index (χ4v) is 3.74. The summed E-state index contributed by atoms with van der Waals surface area (Å²) in [6.07, 6.45) is 5.09. The maximum absolute atomic E-state index is 10.5. The number of hydrogen-bond donors (Lipinski definition) is 2. The Labute approximate surface area is 132 Å². The summed E-state index contributed by atoms with van der Waals surface area (Å²) < 4.78 is 0. The maximum atomic E-state index is 10.5. The van der Waals surface area contributed by atoms with Crippen LogP contribution in [-0.2, 0) is 12.8 Å². The van der Waals surface area contributed by atoms with E-state index in [1.807, 2.05) is 0 Å². The number of piperazine rings is 1. The van der Waals surface area contributed by atoms with E-state index in [-0.39, 0.29) is 0 Å². The minimum Gasteiger partial charge on any atom is -0.388 e. The van der Waals surface area contributed by atoms with Crippen molar-refractivity contribution < 1.29 is 5.11 Å². The normalized spacial score (nSPS) is 21.0. The molecule has 1 aliphatic carbocycles. The zero-order valence-corrected chi connectivity index (χ0v) is 13.3. The van der Waals surface area contributed by atoms with E-state index in [2.05, 4.69) is 22.3 Å². The third-order valence-electron chi connectivity index (χ3n) is 4.75. The van der Waals surface area contributed by atoms with Gasteiger partial charge < -0.3 is 15.3 Å². The molecule has 0 radical (unpaired) electrons.